The summed E-state index contributed by atoms with van der Waals surface area (Å²) in [5.74, 6) is 0.272. The smallest absolute Gasteiger partial charge is 0.227 e. The summed E-state index contributed by atoms with van der Waals surface area (Å²) in [6.07, 6.45) is 0.550. The highest BCUT2D eigenvalue weighted by atomic mass is 16.2. The average Bonchev–Trinajstić information content (AvgIpc) is 2.89. The third kappa shape index (κ3) is 2.65. The zero-order valence-corrected chi connectivity index (χ0v) is 11.5. The van der Waals surface area contributed by atoms with Gasteiger partial charge in [0.1, 0.15) is 0 Å². The van der Waals surface area contributed by atoms with Gasteiger partial charge in [0.25, 0.3) is 0 Å². The highest BCUT2D eigenvalue weighted by Gasteiger charge is 2.21. The van der Waals surface area contributed by atoms with Gasteiger partial charge < -0.3 is 15.1 Å². The number of nitrogens with one attached hydrogen (secondary N) is 1. The van der Waals surface area contributed by atoms with Crippen LogP contribution in [0.2, 0.25) is 0 Å². The Balaban J connectivity index is 1.68. The Morgan fingerprint density at radius 2 is 2.00 bits per heavy atom. The maximum Gasteiger partial charge on any atom is 0.227 e. The van der Waals surface area contributed by atoms with Crippen LogP contribution in [0.25, 0.3) is 0 Å². The van der Waals surface area contributed by atoms with Crippen LogP contribution in [0.1, 0.15) is 16.7 Å². The molecule has 4 nitrogen and oxygen atoms in total. The predicted molar refractivity (Wildman–Crippen MR) is 74.8 cm³/mol. The average molecular weight is 259 g/mol. The van der Waals surface area contributed by atoms with Crippen molar-refractivity contribution in [2.45, 2.75) is 19.5 Å². The summed E-state index contributed by atoms with van der Waals surface area (Å²) in [5.41, 5.74) is 3.89. The molecule has 0 atom stereocenters. The molecule has 0 saturated carbocycles. The van der Waals surface area contributed by atoms with Gasteiger partial charge in [-0.25, -0.2) is 0 Å². The zero-order chi connectivity index (χ0) is 13.2. The molecule has 0 bridgehead atoms. The molecule has 1 N–H and O–H groups in total. The Bertz CT molecular complexity index is 478. The van der Waals surface area contributed by atoms with Crippen molar-refractivity contribution in [3.63, 3.8) is 0 Å². The van der Waals surface area contributed by atoms with Crippen molar-refractivity contribution in [3.05, 3.63) is 34.9 Å². The van der Waals surface area contributed by atoms with Crippen LogP contribution in [0, 0.1) is 0 Å². The Labute approximate surface area is 114 Å². The van der Waals surface area contributed by atoms with Gasteiger partial charge in [-0.15, -0.1) is 0 Å². The van der Waals surface area contributed by atoms with Crippen LogP contribution in [0.4, 0.5) is 0 Å². The number of rotatable bonds is 2. The molecule has 2 heterocycles. The predicted octanol–water partition coefficient (Wildman–Crippen LogP) is 0.606. The summed E-state index contributed by atoms with van der Waals surface area (Å²) >= 11 is 0. The molecular weight excluding hydrogens is 238 g/mol. The minimum Gasteiger partial charge on any atom is -0.340 e. The lowest BCUT2D eigenvalue weighted by Crippen LogP contribution is -2.47. The van der Waals surface area contributed by atoms with Gasteiger partial charge in [-0.2, -0.15) is 0 Å². The molecule has 1 amide bonds. The number of benzene rings is 1. The first-order valence-corrected chi connectivity index (χ1v) is 7.01. The Morgan fingerprint density at radius 3 is 2.79 bits per heavy atom. The monoisotopic (exact) mass is 259 g/mol. The number of piperazine rings is 1. The van der Waals surface area contributed by atoms with Crippen molar-refractivity contribution in [3.8, 4) is 0 Å². The van der Waals surface area contributed by atoms with Crippen molar-refractivity contribution < 1.29 is 4.79 Å². The molecular formula is C15H21N3O. The lowest BCUT2D eigenvalue weighted by molar-refractivity contribution is -0.132. The summed E-state index contributed by atoms with van der Waals surface area (Å²) in [7, 11) is 2.11. The first-order chi connectivity index (χ1) is 9.24. The number of hydrogen-bond donors (Lipinski definition) is 1. The molecule has 1 saturated heterocycles. The number of hydrogen-bond acceptors (Lipinski definition) is 3. The van der Waals surface area contributed by atoms with E-state index >= 15 is 0 Å². The molecule has 2 aliphatic rings. The van der Waals surface area contributed by atoms with Gasteiger partial charge in [0.05, 0.1) is 6.42 Å². The minimum absolute atomic E-state index is 0.272. The maximum absolute atomic E-state index is 12.4. The number of fused-ring (bicyclic) bond motifs is 1. The van der Waals surface area contributed by atoms with Gasteiger partial charge in [0.15, 0.2) is 0 Å². The first kappa shape index (κ1) is 12.6. The standard InChI is InChI=1S/C15H21N3O/c1-17-5-7-18(8-6-17)15(19)9-12-3-2-4-13-10-16-11-14(12)13/h2-4,16H,5-11H2,1H3. The molecule has 4 heteroatoms. The SMILES string of the molecule is CN1CCN(C(=O)Cc2cccc3c2CNC3)CC1. The first-order valence-electron chi connectivity index (χ1n) is 7.01. The quantitative estimate of drug-likeness (QED) is 0.845. The number of carbonyl (C=O) groups excluding carboxylic acids is 1. The fraction of sp³-hybridized carbons (Fsp3) is 0.533. The van der Waals surface area contributed by atoms with Crippen LogP contribution in [-0.2, 0) is 24.3 Å². The molecule has 1 aromatic carbocycles. The van der Waals surface area contributed by atoms with Crippen LogP contribution >= 0.6 is 0 Å². The Hall–Kier alpha value is -1.39. The molecule has 2 aliphatic heterocycles. The van der Waals surface area contributed by atoms with E-state index in [1.807, 2.05) is 4.90 Å². The van der Waals surface area contributed by atoms with E-state index in [0.717, 1.165) is 39.3 Å². The molecule has 102 valence electrons. The third-order valence-electron chi connectivity index (χ3n) is 4.18. The third-order valence-corrected chi connectivity index (χ3v) is 4.18. The normalized spacial score (nSPS) is 19.5. The van der Waals surface area contributed by atoms with Gasteiger partial charge in [-0.05, 0) is 23.7 Å². The van der Waals surface area contributed by atoms with Crippen molar-refractivity contribution in [1.82, 2.24) is 15.1 Å². The second-order valence-corrected chi connectivity index (χ2v) is 5.52. The summed E-state index contributed by atoms with van der Waals surface area (Å²) < 4.78 is 0. The molecule has 19 heavy (non-hydrogen) atoms. The van der Waals surface area contributed by atoms with Crippen LogP contribution in [0.5, 0.6) is 0 Å². The van der Waals surface area contributed by atoms with Gasteiger partial charge >= 0.3 is 0 Å². The molecule has 1 aromatic rings. The van der Waals surface area contributed by atoms with E-state index in [4.69, 9.17) is 0 Å². The van der Waals surface area contributed by atoms with Crippen molar-refractivity contribution in [2.24, 2.45) is 0 Å². The number of amides is 1. The lowest BCUT2D eigenvalue weighted by Gasteiger charge is -2.32. The molecule has 0 spiro atoms. The molecule has 0 aromatic heterocycles. The largest absolute Gasteiger partial charge is 0.340 e. The zero-order valence-electron chi connectivity index (χ0n) is 11.5. The van der Waals surface area contributed by atoms with Gasteiger partial charge in [-0.3, -0.25) is 4.79 Å². The van der Waals surface area contributed by atoms with Gasteiger partial charge in [0.2, 0.25) is 5.91 Å². The fourth-order valence-corrected chi connectivity index (χ4v) is 2.90. The Morgan fingerprint density at radius 1 is 1.21 bits per heavy atom. The molecule has 0 aliphatic carbocycles. The summed E-state index contributed by atoms with van der Waals surface area (Å²) in [4.78, 5) is 16.6. The molecule has 0 unspecified atom stereocenters. The molecule has 0 radical (unpaired) electrons. The van der Waals surface area contributed by atoms with Crippen molar-refractivity contribution >= 4 is 5.91 Å². The van der Waals surface area contributed by atoms with Gasteiger partial charge in [-0.1, -0.05) is 18.2 Å². The van der Waals surface area contributed by atoms with E-state index in [9.17, 15) is 4.79 Å². The van der Waals surface area contributed by atoms with Crippen LogP contribution in [0.15, 0.2) is 18.2 Å². The lowest BCUT2D eigenvalue weighted by atomic mass is 10.0. The van der Waals surface area contributed by atoms with E-state index in [1.165, 1.54) is 16.7 Å². The van der Waals surface area contributed by atoms with Crippen LogP contribution < -0.4 is 5.32 Å². The molecule has 3 rings (SSSR count). The van der Waals surface area contributed by atoms with Crippen molar-refractivity contribution in [2.75, 3.05) is 33.2 Å². The van der Waals surface area contributed by atoms with Crippen LogP contribution in [-0.4, -0.2) is 48.9 Å². The van der Waals surface area contributed by atoms with E-state index in [-0.39, 0.29) is 5.91 Å². The number of carbonyl (C=O) groups is 1. The highest BCUT2D eigenvalue weighted by molar-refractivity contribution is 5.79. The van der Waals surface area contributed by atoms with E-state index in [1.54, 1.807) is 0 Å². The van der Waals surface area contributed by atoms with Crippen LogP contribution in [0.3, 0.4) is 0 Å². The second kappa shape index (κ2) is 5.31. The van der Waals surface area contributed by atoms with Gasteiger partial charge in [0, 0.05) is 39.3 Å². The minimum atomic E-state index is 0.272. The maximum atomic E-state index is 12.4. The van der Waals surface area contributed by atoms with E-state index < -0.39 is 0 Å². The summed E-state index contributed by atoms with van der Waals surface area (Å²) in [5, 5.41) is 3.36. The second-order valence-electron chi connectivity index (χ2n) is 5.52. The molecule has 1 fully saturated rings. The number of nitrogens with zero attached hydrogens (tertiary/aromatic N) is 2. The van der Waals surface area contributed by atoms with Crippen molar-refractivity contribution in [1.29, 1.82) is 0 Å². The summed E-state index contributed by atoms with van der Waals surface area (Å²) in [6, 6.07) is 6.32. The Kier molecular flexibility index (Phi) is 3.53. The van der Waals surface area contributed by atoms with E-state index in [0.29, 0.717) is 6.42 Å². The topological polar surface area (TPSA) is 35.6 Å². The number of likely N-dealkylation sites (N-methyl/N-ethyl adjacent to an activating group) is 1. The summed E-state index contributed by atoms with van der Waals surface area (Å²) in [6.45, 7) is 5.54. The van der Waals surface area contributed by atoms with E-state index in [2.05, 4.69) is 35.5 Å². The highest BCUT2D eigenvalue weighted by Crippen LogP contribution is 2.20. The fourth-order valence-electron chi connectivity index (χ4n) is 2.90.